The Bertz CT molecular complexity index is 1990. The monoisotopic (exact) mass is 818 g/mol. The van der Waals surface area contributed by atoms with Crippen molar-refractivity contribution < 1.29 is 59.1 Å². The van der Waals surface area contributed by atoms with Gasteiger partial charge in [0.15, 0.2) is 17.7 Å². The van der Waals surface area contributed by atoms with Gasteiger partial charge in [0, 0.05) is 6.04 Å². The lowest BCUT2D eigenvalue weighted by molar-refractivity contribution is -0.146. The van der Waals surface area contributed by atoms with E-state index in [1.165, 1.54) is 16.9 Å². The van der Waals surface area contributed by atoms with E-state index in [0.717, 1.165) is 101 Å². The maximum Gasteiger partial charge on any atom is 0.339 e. The van der Waals surface area contributed by atoms with Crippen molar-refractivity contribution in [2.24, 2.45) is 11.8 Å². The van der Waals surface area contributed by atoms with E-state index in [4.69, 9.17) is 14.2 Å². The number of hydrogen-bond donors (Lipinski definition) is 0. The molecule has 2 aromatic rings. The molecule has 10 nitrogen and oxygen atoms in total. The van der Waals surface area contributed by atoms with Gasteiger partial charge in [-0.05, 0) is 86.8 Å². The Morgan fingerprint density at radius 3 is 1.74 bits per heavy atom. The summed E-state index contributed by atoms with van der Waals surface area (Å²) in [6.45, 7) is 3.49. The number of hydrogen-bond acceptors (Lipinski definition) is 9. The van der Waals surface area contributed by atoms with E-state index in [2.05, 4.69) is 12.1 Å². The van der Waals surface area contributed by atoms with Crippen molar-refractivity contribution in [2.45, 2.75) is 163 Å². The first-order valence-corrected chi connectivity index (χ1v) is 22.0. The van der Waals surface area contributed by atoms with Crippen molar-refractivity contribution in [1.82, 2.24) is 4.90 Å². The summed E-state index contributed by atoms with van der Waals surface area (Å²) in [7, 11) is -6.02. The average molecular weight is 819 g/mol. The summed E-state index contributed by atoms with van der Waals surface area (Å²) in [5.74, 6) is -16.8. The van der Waals surface area contributed by atoms with Crippen molar-refractivity contribution in [2.75, 3.05) is 0 Å². The van der Waals surface area contributed by atoms with Gasteiger partial charge in [0.1, 0.15) is 27.0 Å². The number of esters is 2. The highest BCUT2D eigenvalue weighted by Gasteiger charge is 2.73. The van der Waals surface area contributed by atoms with Crippen LogP contribution in [0.25, 0.3) is 0 Å². The van der Waals surface area contributed by atoms with Crippen LogP contribution in [0.4, 0.5) is 17.6 Å². The van der Waals surface area contributed by atoms with E-state index in [0.29, 0.717) is 11.5 Å². The van der Waals surface area contributed by atoms with Crippen molar-refractivity contribution in [3.8, 4) is 5.75 Å². The van der Waals surface area contributed by atoms with Gasteiger partial charge in [0.05, 0.1) is 23.6 Å². The molecule has 15 heteroatoms. The molecular formula is C42H48F4NO9S-. The normalized spacial score (nSPS) is 28.4. The number of likely N-dealkylation sites (tertiary alicyclic amines) is 1. The molecule has 3 saturated carbocycles. The Labute approximate surface area is 329 Å². The summed E-state index contributed by atoms with van der Waals surface area (Å²) in [6.07, 6.45) is 12.3. The first-order chi connectivity index (χ1) is 27.2. The van der Waals surface area contributed by atoms with Gasteiger partial charge in [0.2, 0.25) is 23.3 Å². The lowest BCUT2D eigenvalue weighted by atomic mass is 9.73. The van der Waals surface area contributed by atoms with Gasteiger partial charge in [-0.15, -0.1) is 0 Å². The van der Waals surface area contributed by atoms with Crippen LogP contribution in [0.5, 0.6) is 5.75 Å². The average Bonchev–Trinajstić information content (AvgIpc) is 3.82. The Morgan fingerprint density at radius 1 is 0.772 bits per heavy atom. The van der Waals surface area contributed by atoms with E-state index < -0.39 is 104 Å². The van der Waals surface area contributed by atoms with Crippen molar-refractivity contribution >= 4 is 28.0 Å². The highest BCUT2D eigenvalue weighted by atomic mass is 32.2. The summed E-state index contributed by atoms with van der Waals surface area (Å²) in [6, 6.07) is 3.21. The molecule has 6 fully saturated rings. The first-order valence-electron chi connectivity index (χ1n) is 20.6. The van der Waals surface area contributed by atoms with Crippen LogP contribution in [0.1, 0.15) is 155 Å². The number of carbonyl (C=O) groups is 3. The SMILES string of the molecule is CC(C)N1C(=O)C2C3OC(C(OC(=O)c4c(C5CCCCC5)cc(C5CCCCC5)cc4C4CCCCC4)C31)C2C(=O)Oc1c(F)c(F)c(S(=O)(=O)[O-])c(F)c1F. The maximum atomic E-state index is 15.0. The van der Waals surface area contributed by atoms with Gasteiger partial charge in [-0.25, -0.2) is 22.0 Å². The van der Waals surface area contributed by atoms with Gasteiger partial charge in [0.25, 0.3) is 0 Å². The zero-order valence-corrected chi connectivity index (χ0v) is 32.9. The lowest BCUT2D eigenvalue weighted by Crippen LogP contribution is -2.52. The largest absolute Gasteiger partial charge is 0.744 e. The van der Waals surface area contributed by atoms with E-state index in [-0.39, 0.29) is 11.8 Å². The highest BCUT2D eigenvalue weighted by Crippen LogP contribution is 2.54. The Balaban J connectivity index is 1.17. The number of nitrogens with zero attached hydrogens (tertiary/aromatic N) is 1. The molecule has 3 saturated heterocycles. The fraction of sp³-hybridized carbons (Fsp3) is 0.643. The smallest absolute Gasteiger partial charge is 0.339 e. The molecule has 2 bridgehead atoms. The van der Waals surface area contributed by atoms with E-state index in [9.17, 15) is 31.3 Å². The van der Waals surface area contributed by atoms with Crippen LogP contribution < -0.4 is 4.74 Å². The molecule has 6 unspecified atom stereocenters. The van der Waals surface area contributed by atoms with Crippen LogP contribution in [0.15, 0.2) is 17.0 Å². The molecule has 3 aliphatic heterocycles. The van der Waals surface area contributed by atoms with E-state index in [1.807, 2.05) is 0 Å². The van der Waals surface area contributed by atoms with Gasteiger partial charge in [-0.3, -0.25) is 9.59 Å². The van der Waals surface area contributed by atoms with Gasteiger partial charge >= 0.3 is 11.9 Å². The number of amides is 1. The lowest BCUT2D eigenvalue weighted by Gasteiger charge is -2.35. The van der Waals surface area contributed by atoms with Gasteiger partial charge < -0.3 is 23.7 Å². The summed E-state index contributed by atoms with van der Waals surface area (Å²) in [4.78, 5) is 41.9. The number of carbonyl (C=O) groups excluding carboxylic acids is 3. The summed E-state index contributed by atoms with van der Waals surface area (Å²) < 4.78 is 111. The topological polar surface area (TPSA) is 139 Å². The number of rotatable bonds is 9. The quantitative estimate of drug-likeness (QED) is 0.0809. The molecule has 2 aromatic carbocycles. The minimum absolute atomic E-state index is 0.143. The van der Waals surface area contributed by atoms with Crippen LogP contribution in [-0.4, -0.2) is 66.1 Å². The first kappa shape index (κ1) is 40.2. The van der Waals surface area contributed by atoms with E-state index in [1.54, 1.807) is 13.8 Å². The summed E-state index contributed by atoms with van der Waals surface area (Å²) in [5.41, 5.74) is 3.74. The van der Waals surface area contributed by atoms with Crippen LogP contribution in [0.2, 0.25) is 0 Å². The second-order valence-electron chi connectivity index (χ2n) is 17.2. The number of fused-ring (bicyclic) bond motifs is 1. The van der Waals surface area contributed by atoms with Crippen LogP contribution in [-0.2, 0) is 29.2 Å². The molecule has 0 N–H and O–H groups in total. The summed E-state index contributed by atoms with van der Waals surface area (Å²) in [5, 5.41) is 0. The zero-order chi connectivity index (χ0) is 40.5. The number of ether oxygens (including phenoxy) is 3. The van der Waals surface area contributed by atoms with Crippen molar-refractivity contribution in [1.29, 1.82) is 0 Å². The maximum absolute atomic E-state index is 15.0. The number of benzene rings is 2. The van der Waals surface area contributed by atoms with Crippen molar-refractivity contribution in [3.63, 3.8) is 0 Å². The number of halogens is 4. The minimum atomic E-state index is -6.02. The predicted octanol–water partition coefficient (Wildman–Crippen LogP) is 8.05. The Morgan fingerprint density at radius 2 is 1.26 bits per heavy atom. The molecule has 6 aliphatic rings. The van der Waals surface area contributed by atoms with Crippen LogP contribution in [0.3, 0.4) is 0 Å². The molecule has 8 rings (SSSR count). The minimum Gasteiger partial charge on any atom is -0.744 e. The third-order valence-corrected chi connectivity index (χ3v) is 14.4. The molecule has 6 atom stereocenters. The second-order valence-corrected chi connectivity index (χ2v) is 18.5. The third kappa shape index (κ3) is 6.96. The molecule has 0 spiro atoms. The fourth-order valence-corrected chi connectivity index (χ4v) is 11.6. The zero-order valence-electron chi connectivity index (χ0n) is 32.1. The van der Waals surface area contributed by atoms with Crippen LogP contribution >= 0.6 is 0 Å². The molecule has 310 valence electrons. The predicted molar refractivity (Wildman–Crippen MR) is 194 cm³/mol. The fourth-order valence-electron chi connectivity index (χ4n) is 11.0. The molecule has 3 heterocycles. The second kappa shape index (κ2) is 15.6. The summed E-state index contributed by atoms with van der Waals surface area (Å²) >= 11 is 0. The molecule has 57 heavy (non-hydrogen) atoms. The molecule has 0 radical (unpaired) electrons. The molecular weight excluding hydrogens is 771 g/mol. The van der Waals surface area contributed by atoms with Crippen molar-refractivity contribution in [3.05, 3.63) is 57.7 Å². The van der Waals surface area contributed by atoms with Gasteiger partial charge in [-0.2, -0.15) is 8.78 Å². The van der Waals surface area contributed by atoms with Gasteiger partial charge in [-0.1, -0.05) is 69.9 Å². The third-order valence-electron chi connectivity index (χ3n) is 13.6. The Hall–Kier alpha value is -3.56. The highest BCUT2D eigenvalue weighted by molar-refractivity contribution is 7.85. The molecule has 3 aliphatic carbocycles. The molecule has 1 amide bonds. The standard InChI is InChI=1S/C42H49F4NO9S/c1-20(2)47-34-35-28(40(47)48)29(42(50)55-37-30(43)32(45)39(57(51,52)53)33(46)31(37)44)36(54-35)38(34)56-41(49)27-25(22-14-8-4-9-15-22)18-24(21-12-6-3-7-13-21)19-26(27)23-16-10-5-11-17-23/h18-23,28-29,34-36,38H,3-17H2,1-2H3,(H,51,52,53)/p-1. The van der Waals surface area contributed by atoms with Crippen LogP contribution in [0, 0.1) is 35.1 Å². The Kier molecular flexibility index (Phi) is 11.0. The molecule has 0 aromatic heterocycles. The van der Waals surface area contributed by atoms with E-state index >= 15 is 13.6 Å².